The molecule has 0 amide bonds. The van der Waals surface area contributed by atoms with Gasteiger partial charge in [-0.2, -0.15) is 0 Å². The fourth-order valence-corrected chi connectivity index (χ4v) is 4.79. The first-order chi connectivity index (χ1) is 19.0. The summed E-state index contributed by atoms with van der Waals surface area (Å²) in [5.41, 5.74) is 4.06. The lowest BCUT2D eigenvalue weighted by Gasteiger charge is -2.28. The normalized spacial score (nSPS) is 15.3. The quantitative estimate of drug-likeness (QED) is 0.315. The van der Waals surface area contributed by atoms with Gasteiger partial charge in [0, 0.05) is 36.4 Å². The lowest BCUT2D eigenvalue weighted by Crippen LogP contribution is -2.30. The molecular formula is C32H49N5O2. The second-order valence-electron chi connectivity index (χ2n) is 10.8. The van der Waals surface area contributed by atoms with Gasteiger partial charge in [-0.15, -0.1) is 0 Å². The SMILES string of the molecule is C=O.CCC(=O)CCCCCCc1ncc(-c2ccc3ncccc3c2)[nH]1.CN1CCC2(CC1)CC2.CNC. The number of nitrogens with one attached hydrogen (secondary N) is 2. The van der Waals surface area contributed by atoms with Gasteiger partial charge < -0.3 is 20.0 Å². The van der Waals surface area contributed by atoms with E-state index >= 15 is 0 Å². The third kappa shape index (κ3) is 11.4. The number of likely N-dealkylation sites (tertiary alicyclic amines) is 1. The third-order valence-corrected chi connectivity index (χ3v) is 7.56. The average molecular weight is 536 g/mol. The lowest BCUT2D eigenvalue weighted by molar-refractivity contribution is -0.118. The van der Waals surface area contributed by atoms with E-state index in [1.54, 1.807) is 0 Å². The monoisotopic (exact) mass is 535 g/mol. The molecule has 1 saturated heterocycles. The lowest BCUT2D eigenvalue weighted by atomic mass is 9.94. The topological polar surface area (TPSA) is 91.0 Å². The van der Waals surface area contributed by atoms with Gasteiger partial charge in [0.1, 0.15) is 18.4 Å². The fourth-order valence-electron chi connectivity index (χ4n) is 4.79. The summed E-state index contributed by atoms with van der Waals surface area (Å²) < 4.78 is 0. The maximum Gasteiger partial charge on any atom is 0.132 e. The number of hydrogen-bond donors (Lipinski definition) is 2. The number of aromatic amines is 1. The number of nitrogens with zero attached hydrogens (tertiary/aromatic N) is 3. The van der Waals surface area contributed by atoms with E-state index in [1.165, 1.54) is 38.8 Å². The number of carbonyl (C=O) groups is 2. The van der Waals surface area contributed by atoms with Crippen LogP contribution in [-0.4, -0.2) is 66.7 Å². The van der Waals surface area contributed by atoms with Crippen LogP contribution in [0.1, 0.15) is 77.0 Å². The molecule has 1 aliphatic heterocycles. The standard InChI is InChI=1S/C21H25N3O.C8H15N.C2H7N.CH2O/c1-2-18(25)9-5-3-4-6-10-21-23-15-20(24-21)17-11-12-19-16(14-17)8-7-13-22-19;1-9-6-4-8(2-3-8)5-7-9;1-3-2;1-2/h7-8,11-15H,2-6,9-10H2,1H3,(H,23,24);2-7H2,1H3;3H,1-2H3;1H2. The van der Waals surface area contributed by atoms with Crippen molar-refractivity contribution in [2.24, 2.45) is 5.41 Å². The van der Waals surface area contributed by atoms with E-state index in [1.807, 2.05) is 52.3 Å². The number of aromatic nitrogens is 3. The van der Waals surface area contributed by atoms with Crippen LogP contribution < -0.4 is 5.32 Å². The molecule has 39 heavy (non-hydrogen) atoms. The van der Waals surface area contributed by atoms with Crippen LogP contribution >= 0.6 is 0 Å². The van der Waals surface area contributed by atoms with E-state index in [-0.39, 0.29) is 0 Å². The molecule has 2 fully saturated rings. The number of piperidine rings is 1. The second-order valence-corrected chi connectivity index (χ2v) is 10.8. The van der Waals surface area contributed by atoms with Crippen molar-refractivity contribution in [1.29, 1.82) is 0 Å². The smallest absolute Gasteiger partial charge is 0.132 e. The molecule has 3 aromatic rings. The van der Waals surface area contributed by atoms with Gasteiger partial charge in [-0.05, 0) is 96.4 Å². The van der Waals surface area contributed by atoms with Gasteiger partial charge in [0.25, 0.3) is 0 Å². The van der Waals surface area contributed by atoms with Crippen molar-refractivity contribution in [1.82, 2.24) is 25.2 Å². The Morgan fingerprint density at radius 2 is 1.72 bits per heavy atom. The molecule has 5 rings (SSSR count). The zero-order valence-electron chi connectivity index (χ0n) is 24.6. The summed E-state index contributed by atoms with van der Waals surface area (Å²) in [6, 6.07) is 10.3. The van der Waals surface area contributed by atoms with Crippen molar-refractivity contribution >= 4 is 23.5 Å². The number of Topliss-reactive ketones (excluding diaryl/α,β-unsaturated/α-hetero) is 1. The Labute approximate surface area is 235 Å². The first-order valence-electron chi connectivity index (χ1n) is 14.5. The summed E-state index contributed by atoms with van der Waals surface area (Å²) in [7, 11) is 5.98. The van der Waals surface area contributed by atoms with Crippen LogP contribution in [0, 0.1) is 5.41 Å². The molecule has 1 aromatic carbocycles. The Kier molecular flexibility index (Phi) is 14.6. The second kappa shape index (κ2) is 17.6. The Hall–Kier alpha value is -2.90. The first-order valence-corrected chi connectivity index (χ1v) is 14.5. The molecule has 214 valence electrons. The predicted molar refractivity (Wildman–Crippen MR) is 162 cm³/mol. The highest BCUT2D eigenvalue weighted by Crippen LogP contribution is 2.53. The highest BCUT2D eigenvalue weighted by Gasteiger charge is 2.43. The molecule has 2 aromatic heterocycles. The molecular weight excluding hydrogens is 486 g/mol. The van der Waals surface area contributed by atoms with E-state index in [0.717, 1.165) is 71.9 Å². The van der Waals surface area contributed by atoms with Gasteiger partial charge in [-0.1, -0.05) is 31.9 Å². The highest BCUT2D eigenvalue weighted by molar-refractivity contribution is 5.83. The Balaban J connectivity index is 0.000000313. The average Bonchev–Trinajstić information content (AvgIpc) is 3.57. The molecule has 0 unspecified atom stereocenters. The van der Waals surface area contributed by atoms with Crippen molar-refractivity contribution in [3.05, 3.63) is 48.5 Å². The number of fused-ring (bicyclic) bond motifs is 1. The Morgan fingerprint density at radius 1 is 1.03 bits per heavy atom. The molecule has 7 nitrogen and oxygen atoms in total. The summed E-state index contributed by atoms with van der Waals surface area (Å²) in [4.78, 5) is 34.0. The zero-order valence-corrected chi connectivity index (χ0v) is 24.6. The van der Waals surface area contributed by atoms with Crippen LogP contribution in [0.15, 0.2) is 42.7 Å². The number of pyridine rings is 1. The van der Waals surface area contributed by atoms with Gasteiger partial charge in [-0.3, -0.25) is 9.78 Å². The van der Waals surface area contributed by atoms with E-state index in [2.05, 4.69) is 50.4 Å². The molecule has 1 spiro atoms. The fraction of sp³-hybridized carbons (Fsp3) is 0.562. The van der Waals surface area contributed by atoms with Gasteiger partial charge in [0.05, 0.1) is 17.4 Å². The van der Waals surface area contributed by atoms with Crippen LogP contribution in [-0.2, 0) is 16.0 Å². The molecule has 1 saturated carbocycles. The zero-order chi connectivity index (χ0) is 28.5. The summed E-state index contributed by atoms with van der Waals surface area (Å²) in [5.74, 6) is 1.41. The number of aryl methyl sites for hydroxylation is 1. The van der Waals surface area contributed by atoms with Crippen LogP contribution in [0.5, 0.6) is 0 Å². The minimum absolute atomic E-state index is 0.376. The van der Waals surface area contributed by atoms with Crippen LogP contribution in [0.2, 0.25) is 0 Å². The minimum atomic E-state index is 0.376. The Morgan fingerprint density at radius 3 is 2.38 bits per heavy atom. The van der Waals surface area contributed by atoms with E-state index in [0.29, 0.717) is 12.2 Å². The van der Waals surface area contributed by atoms with Crippen molar-refractivity contribution in [3.63, 3.8) is 0 Å². The Bertz CT molecular complexity index is 1100. The first kappa shape index (κ1) is 32.3. The van der Waals surface area contributed by atoms with Gasteiger partial charge in [-0.25, -0.2) is 4.98 Å². The van der Waals surface area contributed by atoms with E-state index < -0.39 is 0 Å². The number of imidazole rings is 1. The summed E-state index contributed by atoms with van der Waals surface area (Å²) in [5, 5.41) is 3.89. The van der Waals surface area contributed by atoms with Gasteiger partial charge >= 0.3 is 0 Å². The molecule has 0 bridgehead atoms. The van der Waals surface area contributed by atoms with E-state index in [9.17, 15) is 4.79 Å². The van der Waals surface area contributed by atoms with E-state index in [4.69, 9.17) is 4.79 Å². The number of H-pyrrole nitrogens is 1. The molecule has 0 atom stereocenters. The highest BCUT2D eigenvalue weighted by atomic mass is 16.1. The third-order valence-electron chi connectivity index (χ3n) is 7.56. The van der Waals surface area contributed by atoms with Crippen LogP contribution in [0.3, 0.4) is 0 Å². The van der Waals surface area contributed by atoms with Crippen molar-refractivity contribution < 1.29 is 9.59 Å². The molecule has 2 aliphatic rings. The molecule has 2 N–H and O–H groups in total. The number of hydrogen-bond acceptors (Lipinski definition) is 6. The maximum absolute atomic E-state index is 11.3. The van der Waals surface area contributed by atoms with Crippen molar-refractivity contribution in [2.75, 3.05) is 34.2 Å². The largest absolute Gasteiger partial charge is 0.342 e. The summed E-state index contributed by atoms with van der Waals surface area (Å²) in [6.45, 7) is 6.63. The molecule has 3 heterocycles. The van der Waals surface area contributed by atoms with Crippen LogP contribution in [0.25, 0.3) is 22.2 Å². The molecule has 1 aliphatic carbocycles. The van der Waals surface area contributed by atoms with Crippen LogP contribution in [0.4, 0.5) is 0 Å². The number of ketones is 1. The minimum Gasteiger partial charge on any atom is -0.342 e. The summed E-state index contributed by atoms with van der Waals surface area (Å²) in [6.07, 6.45) is 16.5. The van der Waals surface area contributed by atoms with Gasteiger partial charge in [0.15, 0.2) is 0 Å². The number of rotatable bonds is 9. The number of unbranched alkanes of at least 4 members (excludes halogenated alkanes) is 3. The number of benzene rings is 1. The summed E-state index contributed by atoms with van der Waals surface area (Å²) >= 11 is 0. The molecule has 0 radical (unpaired) electrons. The van der Waals surface area contributed by atoms with Crippen molar-refractivity contribution in [2.45, 2.75) is 77.6 Å². The van der Waals surface area contributed by atoms with Crippen molar-refractivity contribution in [3.8, 4) is 11.3 Å². The predicted octanol–water partition coefficient (Wildman–Crippen LogP) is 6.24. The molecule has 7 heteroatoms. The van der Waals surface area contributed by atoms with Gasteiger partial charge in [0.2, 0.25) is 0 Å². The maximum atomic E-state index is 11.3. The number of carbonyl (C=O) groups excluding carboxylic acids is 2.